The van der Waals surface area contributed by atoms with Crippen LogP contribution >= 0.6 is 23.2 Å². The van der Waals surface area contributed by atoms with Crippen molar-refractivity contribution >= 4 is 40.1 Å². The predicted octanol–water partition coefficient (Wildman–Crippen LogP) is 3.49. The molecule has 0 saturated carbocycles. The van der Waals surface area contributed by atoms with Crippen molar-refractivity contribution in [2.24, 2.45) is 0 Å². The number of benzene rings is 1. The summed E-state index contributed by atoms with van der Waals surface area (Å²) in [6.45, 7) is 0. The summed E-state index contributed by atoms with van der Waals surface area (Å²) in [6, 6.07) is 5.32. The quantitative estimate of drug-likeness (QED) is 0.885. The third kappa shape index (κ3) is 2.31. The van der Waals surface area contributed by atoms with Crippen molar-refractivity contribution < 1.29 is 9.90 Å². The van der Waals surface area contributed by atoms with Gasteiger partial charge in [-0.25, -0.2) is 0 Å². The molecule has 84 valence electrons. The average Bonchev–Trinajstić information content (AvgIpc) is 2.57. The van der Waals surface area contributed by atoms with E-state index in [1.54, 1.807) is 12.1 Å². The second kappa shape index (κ2) is 4.36. The minimum Gasteiger partial charge on any atom is -0.481 e. The highest BCUT2D eigenvalue weighted by molar-refractivity contribution is 6.38. The molecule has 0 amide bonds. The Kier molecular flexibility index (Phi) is 3.08. The van der Waals surface area contributed by atoms with Gasteiger partial charge in [-0.3, -0.25) is 4.79 Å². The Morgan fingerprint density at radius 3 is 2.75 bits per heavy atom. The molecule has 0 fully saturated rings. The molecule has 5 heteroatoms. The number of aromatic amines is 1. The van der Waals surface area contributed by atoms with Crippen LogP contribution in [0.5, 0.6) is 0 Å². The van der Waals surface area contributed by atoms with E-state index in [0.29, 0.717) is 16.5 Å². The van der Waals surface area contributed by atoms with E-state index in [1.807, 2.05) is 6.07 Å². The third-order valence-corrected chi connectivity index (χ3v) is 2.83. The summed E-state index contributed by atoms with van der Waals surface area (Å²) in [5.41, 5.74) is 1.65. The highest BCUT2D eigenvalue weighted by atomic mass is 35.5. The van der Waals surface area contributed by atoms with Gasteiger partial charge in [-0.1, -0.05) is 23.2 Å². The molecular formula is C11H9Cl2NO2. The van der Waals surface area contributed by atoms with Crippen LogP contribution in [0.4, 0.5) is 0 Å². The van der Waals surface area contributed by atoms with Crippen molar-refractivity contribution in [3.05, 3.63) is 33.9 Å². The molecule has 0 radical (unpaired) electrons. The van der Waals surface area contributed by atoms with Crippen LogP contribution in [0.15, 0.2) is 18.2 Å². The number of rotatable bonds is 3. The number of aliphatic carboxylic acids is 1. The van der Waals surface area contributed by atoms with Gasteiger partial charge in [0.05, 0.1) is 17.0 Å². The second-order valence-corrected chi connectivity index (χ2v) is 4.38. The Balaban J connectivity index is 2.36. The second-order valence-electron chi connectivity index (χ2n) is 3.54. The van der Waals surface area contributed by atoms with E-state index in [9.17, 15) is 4.79 Å². The Morgan fingerprint density at radius 2 is 2.06 bits per heavy atom. The zero-order valence-electron chi connectivity index (χ0n) is 8.26. The topological polar surface area (TPSA) is 53.1 Å². The number of fused-ring (bicyclic) bond motifs is 1. The van der Waals surface area contributed by atoms with Crippen LogP contribution in [-0.2, 0) is 11.2 Å². The molecule has 0 atom stereocenters. The van der Waals surface area contributed by atoms with E-state index >= 15 is 0 Å². The van der Waals surface area contributed by atoms with E-state index in [-0.39, 0.29) is 6.42 Å². The van der Waals surface area contributed by atoms with Crippen molar-refractivity contribution in [3.63, 3.8) is 0 Å². The first-order valence-electron chi connectivity index (χ1n) is 4.74. The van der Waals surface area contributed by atoms with Gasteiger partial charge in [-0.2, -0.15) is 0 Å². The fraction of sp³-hybridized carbons (Fsp3) is 0.182. The van der Waals surface area contributed by atoms with Gasteiger partial charge in [0.15, 0.2) is 0 Å². The number of aryl methyl sites for hydroxylation is 1. The normalized spacial score (nSPS) is 10.9. The van der Waals surface area contributed by atoms with E-state index in [0.717, 1.165) is 16.6 Å². The number of nitrogens with one attached hydrogen (secondary N) is 1. The smallest absolute Gasteiger partial charge is 0.303 e. The van der Waals surface area contributed by atoms with Crippen molar-refractivity contribution in [2.45, 2.75) is 12.8 Å². The van der Waals surface area contributed by atoms with Crippen LogP contribution in [0.2, 0.25) is 10.0 Å². The molecule has 2 N–H and O–H groups in total. The number of H-pyrrole nitrogens is 1. The predicted molar refractivity (Wildman–Crippen MR) is 64.3 cm³/mol. The lowest BCUT2D eigenvalue weighted by atomic mass is 10.2. The van der Waals surface area contributed by atoms with Crippen LogP contribution in [0, 0.1) is 0 Å². The summed E-state index contributed by atoms with van der Waals surface area (Å²) in [5, 5.41) is 10.6. The first-order chi connectivity index (χ1) is 7.56. The number of halogens is 2. The maximum atomic E-state index is 10.4. The molecule has 0 bridgehead atoms. The SMILES string of the molecule is O=C(O)CCc1cc2cc(Cl)cc(Cl)c2[nH]1. The van der Waals surface area contributed by atoms with Gasteiger partial charge in [0.2, 0.25) is 0 Å². The van der Waals surface area contributed by atoms with E-state index in [2.05, 4.69) is 4.98 Å². The molecule has 0 aliphatic heterocycles. The first kappa shape index (κ1) is 11.3. The Hall–Kier alpha value is -1.19. The molecular weight excluding hydrogens is 249 g/mol. The summed E-state index contributed by atoms with van der Waals surface area (Å²) in [4.78, 5) is 13.5. The summed E-state index contributed by atoms with van der Waals surface area (Å²) in [6.07, 6.45) is 0.552. The average molecular weight is 258 g/mol. The maximum absolute atomic E-state index is 10.4. The third-order valence-electron chi connectivity index (χ3n) is 2.31. The molecule has 1 heterocycles. The van der Waals surface area contributed by atoms with Crippen molar-refractivity contribution in [2.75, 3.05) is 0 Å². The number of carboxylic acid groups (broad SMARTS) is 1. The summed E-state index contributed by atoms with van der Waals surface area (Å²) < 4.78 is 0. The Labute approximate surface area is 102 Å². The van der Waals surface area contributed by atoms with Gasteiger partial charge < -0.3 is 10.1 Å². The van der Waals surface area contributed by atoms with Gasteiger partial charge >= 0.3 is 5.97 Å². The van der Waals surface area contributed by atoms with Crippen LogP contribution in [0.25, 0.3) is 10.9 Å². The van der Waals surface area contributed by atoms with Crippen LogP contribution < -0.4 is 0 Å². The molecule has 2 aromatic rings. The van der Waals surface area contributed by atoms with Crippen molar-refractivity contribution in [3.8, 4) is 0 Å². The highest BCUT2D eigenvalue weighted by Crippen LogP contribution is 2.28. The van der Waals surface area contributed by atoms with Crippen LogP contribution in [0.3, 0.4) is 0 Å². The Morgan fingerprint density at radius 1 is 1.31 bits per heavy atom. The Bertz CT molecular complexity index is 548. The van der Waals surface area contributed by atoms with Crippen molar-refractivity contribution in [1.82, 2.24) is 4.98 Å². The molecule has 1 aromatic heterocycles. The number of carboxylic acids is 1. The number of carbonyl (C=O) groups is 1. The number of aromatic nitrogens is 1. The summed E-state index contributed by atoms with van der Waals surface area (Å²) >= 11 is 11.9. The monoisotopic (exact) mass is 257 g/mol. The molecule has 0 aliphatic carbocycles. The first-order valence-corrected chi connectivity index (χ1v) is 5.50. The van der Waals surface area contributed by atoms with Gasteiger partial charge in [-0.05, 0) is 24.6 Å². The fourth-order valence-electron chi connectivity index (χ4n) is 1.60. The minimum absolute atomic E-state index is 0.0954. The van der Waals surface area contributed by atoms with Gasteiger partial charge in [0, 0.05) is 16.1 Å². The lowest BCUT2D eigenvalue weighted by Crippen LogP contribution is -1.97. The molecule has 0 aliphatic rings. The highest BCUT2D eigenvalue weighted by Gasteiger charge is 2.07. The van der Waals surface area contributed by atoms with Crippen LogP contribution in [-0.4, -0.2) is 16.1 Å². The van der Waals surface area contributed by atoms with E-state index in [1.165, 1.54) is 0 Å². The van der Waals surface area contributed by atoms with Gasteiger partial charge in [0.25, 0.3) is 0 Å². The number of hydrogen-bond donors (Lipinski definition) is 2. The molecule has 3 nitrogen and oxygen atoms in total. The summed E-state index contributed by atoms with van der Waals surface area (Å²) in [7, 11) is 0. The number of hydrogen-bond acceptors (Lipinski definition) is 1. The largest absolute Gasteiger partial charge is 0.481 e. The lowest BCUT2D eigenvalue weighted by Gasteiger charge is -1.95. The molecule has 16 heavy (non-hydrogen) atoms. The zero-order valence-corrected chi connectivity index (χ0v) is 9.77. The van der Waals surface area contributed by atoms with Crippen molar-refractivity contribution in [1.29, 1.82) is 0 Å². The zero-order chi connectivity index (χ0) is 11.7. The molecule has 0 saturated heterocycles. The summed E-state index contributed by atoms with van der Waals surface area (Å²) in [5.74, 6) is -0.817. The minimum atomic E-state index is -0.817. The molecule has 2 rings (SSSR count). The fourth-order valence-corrected chi connectivity index (χ4v) is 2.16. The van der Waals surface area contributed by atoms with Gasteiger partial charge in [-0.15, -0.1) is 0 Å². The molecule has 1 aromatic carbocycles. The lowest BCUT2D eigenvalue weighted by molar-refractivity contribution is -0.136. The standard InChI is InChI=1S/C11H9Cl2NO2/c12-7-3-6-4-8(1-2-10(15)16)14-11(6)9(13)5-7/h3-5,14H,1-2H2,(H,15,16). The maximum Gasteiger partial charge on any atom is 0.303 e. The molecule has 0 unspecified atom stereocenters. The van der Waals surface area contributed by atoms with Gasteiger partial charge in [0.1, 0.15) is 0 Å². The van der Waals surface area contributed by atoms with Crippen LogP contribution in [0.1, 0.15) is 12.1 Å². The van der Waals surface area contributed by atoms with E-state index in [4.69, 9.17) is 28.3 Å². The van der Waals surface area contributed by atoms with E-state index < -0.39 is 5.97 Å². The molecule has 0 spiro atoms.